The summed E-state index contributed by atoms with van der Waals surface area (Å²) in [7, 11) is -3.62. The standard InChI is InChI=1S/C27H32N4O4S/c1-18(12-21-16-31-27-24(21)10-5-11-26(27)35-36(2,33)34)29-17-25(32)20-7-4-9-23(14-20)30-15-19-6-3-8-22(28)13-19/h3-11,13-14,16,18,25,29-32H,12,15,17,28H2,1-2H3/t18-,25+/m1/s1. The lowest BCUT2D eigenvalue weighted by Crippen LogP contribution is -2.32. The molecule has 190 valence electrons. The van der Waals surface area contributed by atoms with Gasteiger partial charge in [0.25, 0.3) is 0 Å². The molecule has 6 N–H and O–H groups in total. The highest BCUT2D eigenvalue weighted by Gasteiger charge is 2.15. The van der Waals surface area contributed by atoms with Crippen molar-refractivity contribution >= 4 is 32.4 Å². The summed E-state index contributed by atoms with van der Waals surface area (Å²) in [4.78, 5) is 3.13. The van der Waals surface area contributed by atoms with Crippen LogP contribution in [0.15, 0.2) is 72.9 Å². The zero-order chi connectivity index (χ0) is 25.7. The van der Waals surface area contributed by atoms with Crippen molar-refractivity contribution in [1.29, 1.82) is 0 Å². The van der Waals surface area contributed by atoms with Crippen LogP contribution in [0, 0.1) is 0 Å². The van der Waals surface area contributed by atoms with E-state index in [2.05, 4.69) is 15.6 Å². The summed E-state index contributed by atoms with van der Waals surface area (Å²) in [5, 5.41) is 18.4. The maximum absolute atomic E-state index is 11.6. The quantitative estimate of drug-likeness (QED) is 0.153. The fourth-order valence-electron chi connectivity index (χ4n) is 4.18. The molecule has 9 heteroatoms. The van der Waals surface area contributed by atoms with Gasteiger partial charge >= 0.3 is 10.1 Å². The number of nitrogens with one attached hydrogen (secondary N) is 3. The first-order valence-corrected chi connectivity index (χ1v) is 13.6. The molecule has 4 aromatic rings. The Labute approximate surface area is 211 Å². The first kappa shape index (κ1) is 25.6. The largest absolute Gasteiger partial charge is 0.399 e. The number of anilines is 2. The molecule has 0 spiro atoms. The van der Waals surface area contributed by atoms with E-state index in [1.807, 2.05) is 67.7 Å². The molecule has 0 fully saturated rings. The van der Waals surface area contributed by atoms with Crippen molar-refractivity contribution in [2.75, 3.05) is 23.9 Å². The molecule has 4 rings (SSSR count). The molecule has 0 aliphatic rings. The van der Waals surface area contributed by atoms with Gasteiger partial charge < -0.3 is 30.6 Å². The van der Waals surface area contributed by atoms with Crippen LogP contribution in [0.5, 0.6) is 5.75 Å². The van der Waals surface area contributed by atoms with Gasteiger partial charge in [0.05, 0.1) is 17.9 Å². The van der Waals surface area contributed by atoms with Crippen LogP contribution in [0.3, 0.4) is 0 Å². The lowest BCUT2D eigenvalue weighted by Gasteiger charge is -2.18. The Morgan fingerprint density at radius 2 is 1.86 bits per heavy atom. The third-order valence-corrected chi connectivity index (χ3v) is 6.39. The number of hydrogen-bond acceptors (Lipinski definition) is 7. The van der Waals surface area contributed by atoms with E-state index < -0.39 is 16.2 Å². The molecule has 2 atom stereocenters. The second-order valence-corrected chi connectivity index (χ2v) is 10.6. The average molecular weight is 509 g/mol. The Hall–Kier alpha value is -3.53. The summed E-state index contributed by atoms with van der Waals surface area (Å²) >= 11 is 0. The van der Waals surface area contributed by atoms with Gasteiger partial charge in [-0.2, -0.15) is 8.42 Å². The Bertz CT molecular complexity index is 1430. The number of para-hydroxylation sites is 1. The molecule has 0 saturated carbocycles. The molecule has 3 aromatic carbocycles. The van der Waals surface area contributed by atoms with Crippen molar-refractivity contribution in [3.63, 3.8) is 0 Å². The normalized spacial score (nSPS) is 13.4. The van der Waals surface area contributed by atoms with Crippen LogP contribution in [-0.4, -0.2) is 37.4 Å². The van der Waals surface area contributed by atoms with Crippen molar-refractivity contribution in [2.45, 2.75) is 32.0 Å². The van der Waals surface area contributed by atoms with E-state index in [0.717, 1.165) is 39.7 Å². The van der Waals surface area contributed by atoms with Crippen molar-refractivity contribution in [3.8, 4) is 5.75 Å². The average Bonchev–Trinajstić information content (AvgIpc) is 3.24. The minimum absolute atomic E-state index is 0.0722. The van der Waals surface area contributed by atoms with Gasteiger partial charge in [-0.15, -0.1) is 0 Å². The first-order valence-electron chi connectivity index (χ1n) is 11.8. The number of benzene rings is 3. The fraction of sp³-hybridized carbons (Fsp3) is 0.259. The van der Waals surface area contributed by atoms with E-state index in [-0.39, 0.29) is 11.8 Å². The zero-order valence-corrected chi connectivity index (χ0v) is 21.2. The molecule has 1 aromatic heterocycles. The highest BCUT2D eigenvalue weighted by molar-refractivity contribution is 7.86. The number of aliphatic hydroxyl groups is 1. The molecule has 8 nitrogen and oxygen atoms in total. The SMILES string of the molecule is C[C@H](Cc1c[nH]c2c(OS(C)(=O)=O)cccc12)NC[C@H](O)c1cccc(NCc2cccc(N)c2)c1. The Kier molecular flexibility index (Phi) is 7.83. The van der Waals surface area contributed by atoms with E-state index in [9.17, 15) is 13.5 Å². The molecule has 0 radical (unpaired) electrons. The van der Waals surface area contributed by atoms with Gasteiger partial charge in [0.15, 0.2) is 5.75 Å². The van der Waals surface area contributed by atoms with Crippen LogP contribution in [0.2, 0.25) is 0 Å². The van der Waals surface area contributed by atoms with Gasteiger partial charge in [0.2, 0.25) is 0 Å². The van der Waals surface area contributed by atoms with Crippen LogP contribution in [0.25, 0.3) is 10.9 Å². The van der Waals surface area contributed by atoms with E-state index in [0.29, 0.717) is 25.0 Å². The van der Waals surface area contributed by atoms with Crippen LogP contribution in [0.4, 0.5) is 11.4 Å². The van der Waals surface area contributed by atoms with Crippen molar-refractivity contribution < 1.29 is 17.7 Å². The highest BCUT2D eigenvalue weighted by Crippen LogP contribution is 2.29. The molecule has 0 amide bonds. The second kappa shape index (κ2) is 11.0. The van der Waals surface area contributed by atoms with Crippen molar-refractivity contribution in [3.05, 3.63) is 89.6 Å². The number of nitrogen functional groups attached to an aromatic ring is 1. The maximum atomic E-state index is 11.6. The smallest absolute Gasteiger partial charge is 0.306 e. The van der Waals surface area contributed by atoms with Crippen LogP contribution >= 0.6 is 0 Å². The molecular weight excluding hydrogens is 476 g/mol. The predicted molar refractivity (Wildman–Crippen MR) is 145 cm³/mol. The number of nitrogens with two attached hydrogens (primary N) is 1. The molecule has 0 unspecified atom stereocenters. The summed E-state index contributed by atoms with van der Waals surface area (Å²) in [6.07, 6.45) is 2.92. The van der Waals surface area contributed by atoms with Crippen LogP contribution < -0.4 is 20.6 Å². The minimum Gasteiger partial charge on any atom is -0.399 e. The molecule has 1 heterocycles. The number of hydrogen-bond donors (Lipinski definition) is 5. The molecule has 0 saturated heterocycles. The number of fused-ring (bicyclic) bond motifs is 1. The number of rotatable bonds is 11. The maximum Gasteiger partial charge on any atom is 0.306 e. The summed E-state index contributed by atoms with van der Waals surface area (Å²) < 4.78 is 28.2. The van der Waals surface area contributed by atoms with Gasteiger partial charge in [0.1, 0.15) is 0 Å². The number of H-pyrrole nitrogens is 1. The zero-order valence-electron chi connectivity index (χ0n) is 20.4. The lowest BCUT2D eigenvalue weighted by molar-refractivity contribution is 0.170. The number of aromatic nitrogens is 1. The lowest BCUT2D eigenvalue weighted by atomic mass is 10.0. The summed E-state index contributed by atoms with van der Waals surface area (Å²) in [5.74, 6) is 0.279. The van der Waals surface area contributed by atoms with Gasteiger partial charge in [-0.3, -0.25) is 0 Å². The monoisotopic (exact) mass is 508 g/mol. The highest BCUT2D eigenvalue weighted by atomic mass is 32.2. The van der Waals surface area contributed by atoms with Gasteiger partial charge in [-0.05, 0) is 60.4 Å². The molecular formula is C27H32N4O4S. The number of aromatic amines is 1. The fourth-order valence-corrected chi connectivity index (χ4v) is 4.65. The van der Waals surface area contributed by atoms with Crippen molar-refractivity contribution in [2.24, 2.45) is 0 Å². The minimum atomic E-state index is -3.62. The Balaban J connectivity index is 1.34. The van der Waals surface area contributed by atoms with Gasteiger partial charge in [0, 0.05) is 42.1 Å². The molecule has 0 aliphatic heterocycles. The van der Waals surface area contributed by atoms with Gasteiger partial charge in [-0.25, -0.2) is 0 Å². The van der Waals surface area contributed by atoms with Crippen LogP contribution in [0.1, 0.15) is 29.7 Å². The topological polar surface area (TPSA) is 129 Å². The predicted octanol–water partition coefficient (Wildman–Crippen LogP) is 3.95. The van der Waals surface area contributed by atoms with E-state index >= 15 is 0 Å². The molecule has 36 heavy (non-hydrogen) atoms. The van der Waals surface area contributed by atoms with Gasteiger partial charge in [-0.1, -0.05) is 36.4 Å². The Morgan fingerprint density at radius 3 is 2.64 bits per heavy atom. The molecule has 0 aliphatic carbocycles. The van der Waals surface area contributed by atoms with Crippen LogP contribution in [-0.2, 0) is 23.1 Å². The summed E-state index contributed by atoms with van der Waals surface area (Å²) in [5.41, 5.74) is 11.1. The third kappa shape index (κ3) is 6.78. The third-order valence-electron chi connectivity index (χ3n) is 5.91. The first-order chi connectivity index (χ1) is 17.2. The Morgan fingerprint density at radius 1 is 1.08 bits per heavy atom. The summed E-state index contributed by atoms with van der Waals surface area (Å²) in [6, 6.07) is 20.9. The number of aliphatic hydroxyl groups excluding tert-OH is 1. The van der Waals surface area contributed by atoms with E-state index in [1.165, 1.54) is 0 Å². The van der Waals surface area contributed by atoms with E-state index in [1.54, 1.807) is 12.1 Å². The van der Waals surface area contributed by atoms with E-state index in [4.69, 9.17) is 9.92 Å². The summed E-state index contributed by atoms with van der Waals surface area (Å²) in [6.45, 7) is 3.08. The molecule has 0 bridgehead atoms. The van der Waals surface area contributed by atoms with Crippen molar-refractivity contribution in [1.82, 2.24) is 10.3 Å². The second-order valence-electron chi connectivity index (χ2n) is 9.03.